The van der Waals surface area contributed by atoms with Gasteiger partial charge in [0.2, 0.25) is 5.91 Å². The molecule has 0 N–H and O–H groups in total. The van der Waals surface area contributed by atoms with Crippen molar-refractivity contribution in [1.29, 1.82) is 0 Å². The van der Waals surface area contributed by atoms with Crippen molar-refractivity contribution < 1.29 is 4.79 Å². The molecule has 1 aliphatic heterocycles. The number of rotatable bonds is 3. The van der Waals surface area contributed by atoms with Gasteiger partial charge in [-0.1, -0.05) is 19.1 Å². The quantitative estimate of drug-likeness (QED) is 0.859. The first-order valence-corrected chi connectivity index (χ1v) is 7.61. The molecule has 0 spiro atoms. The second kappa shape index (κ2) is 5.85. The molecule has 1 fully saturated rings. The van der Waals surface area contributed by atoms with Crippen molar-refractivity contribution in [1.82, 2.24) is 19.4 Å². The lowest BCUT2D eigenvalue weighted by Gasteiger charge is -2.34. The fourth-order valence-corrected chi connectivity index (χ4v) is 2.94. The summed E-state index contributed by atoms with van der Waals surface area (Å²) in [6.45, 7) is 9.20. The average Bonchev–Trinajstić information content (AvgIpc) is 2.83. The van der Waals surface area contributed by atoms with Gasteiger partial charge < -0.3 is 14.4 Å². The molecule has 21 heavy (non-hydrogen) atoms. The number of piperazine rings is 1. The first-order valence-electron chi connectivity index (χ1n) is 7.61. The number of fused-ring (bicyclic) bond motifs is 1. The van der Waals surface area contributed by atoms with E-state index in [1.165, 1.54) is 0 Å². The molecule has 5 heteroatoms. The zero-order chi connectivity index (χ0) is 14.8. The third-order valence-electron chi connectivity index (χ3n) is 4.31. The van der Waals surface area contributed by atoms with E-state index in [0.29, 0.717) is 6.54 Å². The number of hydrogen-bond donors (Lipinski definition) is 0. The summed E-state index contributed by atoms with van der Waals surface area (Å²) in [7, 11) is 0. The van der Waals surface area contributed by atoms with Gasteiger partial charge in [-0.15, -0.1) is 0 Å². The monoisotopic (exact) mass is 286 g/mol. The van der Waals surface area contributed by atoms with Crippen LogP contribution in [0, 0.1) is 6.92 Å². The van der Waals surface area contributed by atoms with Gasteiger partial charge in [0.15, 0.2) is 0 Å². The van der Waals surface area contributed by atoms with Crippen molar-refractivity contribution in [3.8, 4) is 0 Å². The maximum absolute atomic E-state index is 12.5. The molecule has 0 saturated carbocycles. The van der Waals surface area contributed by atoms with E-state index in [9.17, 15) is 4.79 Å². The number of benzene rings is 1. The highest BCUT2D eigenvalue weighted by Crippen LogP contribution is 2.16. The van der Waals surface area contributed by atoms with Crippen LogP contribution in [0.25, 0.3) is 11.0 Å². The van der Waals surface area contributed by atoms with Crippen LogP contribution in [0.5, 0.6) is 0 Å². The van der Waals surface area contributed by atoms with E-state index in [1.54, 1.807) is 0 Å². The fourth-order valence-electron chi connectivity index (χ4n) is 2.94. The Morgan fingerprint density at radius 3 is 2.62 bits per heavy atom. The Morgan fingerprint density at radius 1 is 1.19 bits per heavy atom. The Labute approximate surface area is 125 Å². The average molecular weight is 286 g/mol. The summed E-state index contributed by atoms with van der Waals surface area (Å²) in [6.07, 6.45) is 0. The summed E-state index contributed by atoms with van der Waals surface area (Å²) in [5.74, 6) is 1.09. The molecule has 0 atom stereocenters. The lowest BCUT2D eigenvalue weighted by Crippen LogP contribution is -2.49. The second-order valence-corrected chi connectivity index (χ2v) is 5.55. The van der Waals surface area contributed by atoms with Crippen LogP contribution in [-0.4, -0.2) is 58.0 Å². The summed E-state index contributed by atoms with van der Waals surface area (Å²) in [5.41, 5.74) is 1.99. The van der Waals surface area contributed by atoms with Crippen LogP contribution in [0.15, 0.2) is 24.3 Å². The van der Waals surface area contributed by atoms with E-state index in [4.69, 9.17) is 0 Å². The van der Waals surface area contributed by atoms with Gasteiger partial charge in [0, 0.05) is 26.2 Å². The minimum absolute atomic E-state index is 0.192. The van der Waals surface area contributed by atoms with Crippen molar-refractivity contribution in [2.45, 2.75) is 20.4 Å². The van der Waals surface area contributed by atoms with Crippen molar-refractivity contribution >= 4 is 16.9 Å². The number of carbonyl (C=O) groups is 1. The largest absolute Gasteiger partial charge is 0.339 e. The highest BCUT2D eigenvalue weighted by molar-refractivity contribution is 5.81. The number of nitrogens with zero attached hydrogens (tertiary/aromatic N) is 4. The maximum atomic E-state index is 12.5. The number of likely N-dealkylation sites (N-methyl/N-ethyl adjacent to an activating group) is 1. The van der Waals surface area contributed by atoms with Crippen LogP contribution in [0.2, 0.25) is 0 Å². The molecule has 2 aromatic rings. The predicted octanol–water partition coefficient (Wildman–Crippen LogP) is 1.51. The van der Waals surface area contributed by atoms with E-state index < -0.39 is 0 Å². The fraction of sp³-hybridized carbons (Fsp3) is 0.500. The van der Waals surface area contributed by atoms with Crippen LogP contribution >= 0.6 is 0 Å². The van der Waals surface area contributed by atoms with Crippen LogP contribution in [0.4, 0.5) is 0 Å². The Bertz CT molecular complexity index is 641. The molecule has 5 nitrogen and oxygen atoms in total. The molecule has 0 bridgehead atoms. The molecule has 1 aromatic carbocycles. The molecule has 0 unspecified atom stereocenters. The van der Waals surface area contributed by atoms with Gasteiger partial charge in [0.05, 0.1) is 11.0 Å². The van der Waals surface area contributed by atoms with E-state index in [-0.39, 0.29) is 5.91 Å². The highest BCUT2D eigenvalue weighted by Gasteiger charge is 2.21. The standard InChI is InChI=1S/C16H22N4O/c1-3-18-8-10-19(11-9-18)16(21)12-20-13(2)17-14-6-4-5-7-15(14)20/h4-7H,3,8-12H2,1-2H3. The van der Waals surface area contributed by atoms with Crippen LogP contribution in [-0.2, 0) is 11.3 Å². The Kier molecular flexibility index (Phi) is 3.92. The first kappa shape index (κ1) is 14.1. The van der Waals surface area contributed by atoms with E-state index in [2.05, 4.69) is 16.8 Å². The van der Waals surface area contributed by atoms with E-state index in [1.807, 2.05) is 40.7 Å². The van der Waals surface area contributed by atoms with Gasteiger partial charge in [-0.2, -0.15) is 0 Å². The highest BCUT2D eigenvalue weighted by atomic mass is 16.2. The molecule has 1 saturated heterocycles. The molecule has 1 aromatic heterocycles. The number of para-hydroxylation sites is 2. The van der Waals surface area contributed by atoms with E-state index in [0.717, 1.165) is 49.6 Å². The predicted molar refractivity (Wildman–Crippen MR) is 83.2 cm³/mol. The topological polar surface area (TPSA) is 41.4 Å². The molecule has 1 amide bonds. The number of hydrogen-bond acceptors (Lipinski definition) is 3. The van der Waals surface area contributed by atoms with Gasteiger partial charge in [-0.25, -0.2) is 4.98 Å². The summed E-state index contributed by atoms with van der Waals surface area (Å²) in [4.78, 5) is 21.4. The number of carbonyl (C=O) groups excluding carboxylic acids is 1. The molecular formula is C16H22N4O. The summed E-state index contributed by atoms with van der Waals surface area (Å²) in [5, 5.41) is 0. The molecular weight excluding hydrogens is 264 g/mol. The summed E-state index contributed by atoms with van der Waals surface area (Å²) < 4.78 is 2.02. The number of aryl methyl sites for hydroxylation is 1. The minimum atomic E-state index is 0.192. The van der Waals surface area contributed by atoms with Crippen molar-refractivity contribution in [2.24, 2.45) is 0 Å². The molecule has 1 aliphatic rings. The van der Waals surface area contributed by atoms with Gasteiger partial charge in [0.25, 0.3) is 0 Å². The van der Waals surface area contributed by atoms with Crippen LogP contribution < -0.4 is 0 Å². The number of aromatic nitrogens is 2. The van der Waals surface area contributed by atoms with Gasteiger partial charge >= 0.3 is 0 Å². The number of imidazole rings is 1. The molecule has 0 aliphatic carbocycles. The zero-order valence-electron chi connectivity index (χ0n) is 12.7. The first-order chi connectivity index (χ1) is 10.2. The van der Waals surface area contributed by atoms with Crippen molar-refractivity contribution in [3.63, 3.8) is 0 Å². The van der Waals surface area contributed by atoms with Gasteiger partial charge in [-0.3, -0.25) is 4.79 Å². The smallest absolute Gasteiger partial charge is 0.242 e. The SMILES string of the molecule is CCN1CCN(C(=O)Cn2c(C)nc3ccccc32)CC1. The molecule has 3 rings (SSSR count). The minimum Gasteiger partial charge on any atom is -0.339 e. The lowest BCUT2D eigenvalue weighted by atomic mass is 10.3. The summed E-state index contributed by atoms with van der Waals surface area (Å²) >= 11 is 0. The number of amides is 1. The van der Waals surface area contributed by atoms with Gasteiger partial charge in [-0.05, 0) is 25.6 Å². The molecule has 0 radical (unpaired) electrons. The van der Waals surface area contributed by atoms with Crippen molar-refractivity contribution in [2.75, 3.05) is 32.7 Å². The molecule has 112 valence electrons. The third kappa shape index (κ3) is 2.78. The zero-order valence-corrected chi connectivity index (χ0v) is 12.7. The Balaban J connectivity index is 1.73. The lowest BCUT2D eigenvalue weighted by molar-refractivity contribution is -0.133. The van der Waals surface area contributed by atoms with Crippen LogP contribution in [0.3, 0.4) is 0 Å². The second-order valence-electron chi connectivity index (χ2n) is 5.55. The summed E-state index contributed by atoms with van der Waals surface area (Å²) in [6, 6.07) is 7.98. The van der Waals surface area contributed by atoms with Gasteiger partial charge in [0.1, 0.15) is 12.4 Å². The van der Waals surface area contributed by atoms with Crippen LogP contribution in [0.1, 0.15) is 12.7 Å². The van der Waals surface area contributed by atoms with Crippen molar-refractivity contribution in [3.05, 3.63) is 30.1 Å². The maximum Gasteiger partial charge on any atom is 0.242 e. The van der Waals surface area contributed by atoms with E-state index >= 15 is 0 Å². The Hall–Kier alpha value is -1.88. The normalized spacial score (nSPS) is 16.6. The molecule has 2 heterocycles. The Morgan fingerprint density at radius 2 is 1.90 bits per heavy atom. The third-order valence-corrected chi connectivity index (χ3v) is 4.31.